The van der Waals surface area contributed by atoms with Gasteiger partial charge in [-0.2, -0.15) is 9.49 Å². The number of halogens is 1. The third kappa shape index (κ3) is 3.78. The zero-order valence-electron chi connectivity index (χ0n) is 16.6. The first kappa shape index (κ1) is 18.7. The van der Waals surface area contributed by atoms with Crippen LogP contribution in [-0.4, -0.2) is 34.3 Å². The maximum Gasteiger partial charge on any atom is 0.231 e. The van der Waals surface area contributed by atoms with E-state index in [4.69, 9.17) is 0 Å². The third-order valence-corrected chi connectivity index (χ3v) is 4.77. The Balaban J connectivity index is 1.42. The molecule has 0 bridgehead atoms. The number of fused-ring (bicyclic) bond motifs is 1. The molecule has 9 nitrogen and oxygen atoms in total. The lowest BCUT2D eigenvalue weighted by atomic mass is 10.2. The van der Waals surface area contributed by atoms with Crippen LogP contribution in [0.15, 0.2) is 67.0 Å². The number of aromatic nitrogens is 7. The number of hydrogen-bond acceptors (Lipinski definition) is 7. The van der Waals surface area contributed by atoms with E-state index < -0.39 is 5.95 Å². The highest BCUT2D eigenvalue weighted by molar-refractivity contribution is 5.66. The molecule has 10 heteroatoms. The topological polar surface area (TPSA) is 97.9 Å². The average molecular weight is 415 g/mol. The summed E-state index contributed by atoms with van der Waals surface area (Å²) in [5.74, 6) is 0.968. The second-order valence-corrected chi connectivity index (χ2v) is 6.85. The number of anilines is 3. The Bertz CT molecular complexity index is 1340. The van der Waals surface area contributed by atoms with Gasteiger partial charge in [0.05, 0.1) is 11.9 Å². The number of nitrogens with zero attached hydrogens (tertiary/aromatic N) is 7. The van der Waals surface area contributed by atoms with Crippen LogP contribution in [0.2, 0.25) is 0 Å². The number of rotatable bonds is 6. The van der Waals surface area contributed by atoms with Crippen molar-refractivity contribution >= 4 is 23.4 Å². The standard InChI is InChI=1S/C21H18FN9/c1-30-18(8-10-25-30)27-20-23-9-7-16(26-20)15-11-17(22)31-19(12-15)28-29-21(31)24-13-14-5-3-2-4-6-14/h2-12H,13H2,1H3,(H,24,29)(H,23,26,27). The van der Waals surface area contributed by atoms with Crippen molar-refractivity contribution < 1.29 is 4.39 Å². The largest absolute Gasteiger partial charge is 0.350 e. The Hall–Kier alpha value is -4.34. The first-order chi connectivity index (χ1) is 15.2. The second kappa shape index (κ2) is 7.82. The summed E-state index contributed by atoms with van der Waals surface area (Å²) >= 11 is 0. The lowest BCUT2D eigenvalue weighted by molar-refractivity contribution is 0.569. The van der Waals surface area contributed by atoms with Gasteiger partial charge in [0.15, 0.2) is 5.65 Å². The van der Waals surface area contributed by atoms with Gasteiger partial charge in [-0.25, -0.2) is 14.4 Å². The van der Waals surface area contributed by atoms with E-state index in [0.717, 1.165) is 11.4 Å². The fraction of sp³-hybridized carbons (Fsp3) is 0.0952. The minimum absolute atomic E-state index is 0.337. The van der Waals surface area contributed by atoms with Crippen molar-refractivity contribution in [3.05, 3.63) is 78.5 Å². The predicted molar refractivity (Wildman–Crippen MR) is 114 cm³/mol. The van der Waals surface area contributed by atoms with Crippen molar-refractivity contribution in [1.82, 2.24) is 34.3 Å². The van der Waals surface area contributed by atoms with Crippen LogP contribution in [0.25, 0.3) is 16.9 Å². The van der Waals surface area contributed by atoms with Crippen molar-refractivity contribution in [2.75, 3.05) is 10.6 Å². The average Bonchev–Trinajstić information content (AvgIpc) is 3.39. The minimum Gasteiger partial charge on any atom is -0.350 e. The van der Waals surface area contributed by atoms with Gasteiger partial charge in [-0.05, 0) is 17.7 Å². The Labute approximate surface area is 176 Å². The molecule has 0 spiro atoms. The summed E-state index contributed by atoms with van der Waals surface area (Å²) in [5, 5.41) is 18.5. The van der Waals surface area contributed by atoms with Gasteiger partial charge in [-0.1, -0.05) is 30.3 Å². The summed E-state index contributed by atoms with van der Waals surface area (Å²) in [6, 6.07) is 16.5. The van der Waals surface area contributed by atoms with Crippen LogP contribution in [0.3, 0.4) is 0 Å². The van der Waals surface area contributed by atoms with Crippen LogP contribution in [-0.2, 0) is 13.6 Å². The van der Waals surface area contributed by atoms with E-state index >= 15 is 0 Å². The van der Waals surface area contributed by atoms with Crippen molar-refractivity contribution in [3.8, 4) is 11.3 Å². The first-order valence-corrected chi connectivity index (χ1v) is 9.58. The number of hydrogen-bond donors (Lipinski definition) is 2. The third-order valence-electron chi connectivity index (χ3n) is 4.77. The molecule has 0 aliphatic heterocycles. The molecule has 5 aromatic rings. The molecule has 0 amide bonds. The van der Waals surface area contributed by atoms with Crippen molar-refractivity contribution in [2.45, 2.75) is 6.54 Å². The van der Waals surface area contributed by atoms with Crippen LogP contribution < -0.4 is 10.6 Å². The van der Waals surface area contributed by atoms with Gasteiger partial charge < -0.3 is 10.6 Å². The molecule has 0 radical (unpaired) electrons. The highest BCUT2D eigenvalue weighted by Gasteiger charge is 2.14. The molecule has 0 saturated heterocycles. The molecule has 4 heterocycles. The van der Waals surface area contributed by atoms with E-state index in [1.54, 1.807) is 29.2 Å². The summed E-state index contributed by atoms with van der Waals surface area (Å²) in [6.45, 7) is 0.512. The molecular formula is C21H18FN9. The van der Waals surface area contributed by atoms with Crippen LogP contribution in [0, 0.1) is 5.95 Å². The summed E-state index contributed by atoms with van der Waals surface area (Å²) in [5.41, 5.74) is 2.57. The van der Waals surface area contributed by atoms with Gasteiger partial charge in [0.1, 0.15) is 5.82 Å². The van der Waals surface area contributed by atoms with E-state index in [0.29, 0.717) is 35.3 Å². The van der Waals surface area contributed by atoms with Gasteiger partial charge in [-0.3, -0.25) is 4.68 Å². The number of benzene rings is 1. The summed E-state index contributed by atoms with van der Waals surface area (Å²) in [4.78, 5) is 8.71. The maximum absolute atomic E-state index is 15.0. The van der Waals surface area contributed by atoms with Crippen LogP contribution in [0.1, 0.15) is 5.56 Å². The van der Waals surface area contributed by atoms with E-state index in [-0.39, 0.29) is 0 Å². The second-order valence-electron chi connectivity index (χ2n) is 6.85. The van der Waals surface area contributed by atoms with Crippen LogP contribution in [0.4, 0.5) is 22.1 Å². The molecular weight excluding hydrogens is 397 g/mol. The van der Waals surface area contributed by atoms with Crippen molar-refractivity contribution in [2.24, 2.45) is 7.05 Å². The molecule has 1 aromatic carbocycles. The van der Waals surface area contributed by atoms with E-state index in [1.807, 2.05) is 43.4 Å². The Morgan fingerprint density at radius 3 is 2.68 bits per heavy atom. The lowest BCUT2D eigenvalue weighted by Crippen LogP contribution is -2.06. The van der Waals surface area contributed by atoms with Gasteiger partial charge in [0, 0.05) is 37.5 Å². The molecule has 0 unspecified atom stereocenters. The molecule has 5 rings (SSSR count). The van der Waals surface area contributed by atoms with E-state index in [2.05, 4.69) is 35.9 Å². The van der Waals surface area contributed by atoms with Crippen LogP contribution >= 0.6 is 0 Å². The lowest BCUT2D eigenvalue weighted by Gasteiger charge is -2.08. The first-order valence-electron chi connectivity index (χ1n) is 9.58. The molecule has 0 saturated carbocycles. The normalized spacial score (nSPS) is 11.0. The number of pyridine rings is 1. The van der Waals surface area contributed by atoms with Gasteiger partial charge in [0.25, 0.3) is 0 Å². The fourth-order valence-electron chi connectivity index (χ4n) is 3.20. The fourth-order valence-corrected chi connectivity index (χ4v) is 3.20. The Morgan fingerprint density at radius 2 is 1.87 bits per heavy atom. The molecule has 2 N–H and O–H groups in total. The molecule has 4 aromatic heterocycles. The van der Waals surface area contributed by atoms with Gasteiger partial charge in [0.2, 0.25) is 17.8 Å². The van der Waals surface area contributed by atoms with Gasteiger partial charge in [-0.15, -0.1) is 10.2 Å². The van der Waals surface area contributed by atoms with Crippen molar-refractivity contribution in [1.29, 1.82) is 0 Å². The minimum atomic E-state index is -0.493. The highest BCUT2D eigenvalue weighted by atomic mass is 19.1. The molecule has 0 aliphatic carbocycles. The molecule has 0 fully saturated rings. The summed E-state index contributed by atoms with van der Waals surface area (Å²) in [6.07, 6.45) is 3.28. The zero-order chi connectivity index (χ0) is 21.2. The Morgan fingerprint density at radius 1 is 1.00 bits per heavy atom. The zero-order valence-corrected chi connectivity index (χ0v) is 16.6. The summed E-state index contributed by atoms with van der Waals surface area (Å²) in [7, 11) is 1.81. The van der Waals surface area contributed by atoms with E-state index in [1.165, 1.54) is 10.5 Å². The van der Waals surface area contributed by atoms with Crippen LogP contribution in [0.5, 0.6) is 0 Å². The molecule has 31 heavy (non-hydrogen) atoms. The molecule has 0 aliphatic rings. The highest BCUT2D eigenvalue weighted by Crippen LogP contribution is 2.23. The van der Waals surface area contributed by atoms with E-state index in [9.17, 15) is 4.39 Å². The van der Waals surface area contributed by atoms with Crippen molar-refractivity contribution in [3.63, 3.8) is 0 Å². The number of nitrogens with one attached hydrogen (secondary N) is 2. The monoisotopic (exact) mass is 415 g/mol. The number of aryl methyl sites for hydroxylation is 1. The molecule has 0 atom stereocenters. The van der Waals surface area contributed by atoms with Gasteiger partial charge >= 0.3 is 0 Å². The summed E-state index contributed by atoms with van der Waals surface area (Å²) < 4.78 is 18.0. The SMILES string of the molecule is Cn1nccc1Nc1nccc(-c2cc(F)n3c(NCc4ccccc4)nnc3c2)n1. The Kier molecular flexibility index (Phi) is 4.71. The maximum atomic E-state index is 15.0. The molecule has 154 valence electrons. The predicted octanol–water partition coefficient (Wildman–Crippen LogP) is 3.41. The quantitative estimate of drug-likeness (QED) is 0.410. The smallest absolute Gasteiger partial charge is 0.231 e.